The third-order valence-corrected chi connectivity index (χ3v) is 3.95. The summed E-state index contributed by atoms with van der Waals surface area (Å²) < 4.78 is 0.630. The SMILES string of the molecule is O=C(O)C1CN(Cc2nc3ccsc3c(=O)[nH]2)C1. The number of aromatic amines is 1. The molecule has 0 saturated carbocycles. The molecule has 1 saturated heterocycles. The van der Waals surface area contributed by atoms with Gasteiger partial charge in [0.15, 0.2) is 0 Å². The van der Waals surface area contributed by atoms with Crippen LogP contribution in [0.1, 0.15) is 5.82 Å². The van der Waals surface area contributed by atoms with Crippen LogP contribution in [-0.4, -0.2) is 39.0 Å². The van der Waals surface area contributed by atoms with Crippen molar-refractivity contribution < 1.29 is 9.90 Å². The van der Waals surface area contributed by atoms with Gasteiger partial charge in [-0.15, -0.1) is 11.3 Å². The van der Waals surface area contributed by atoms with Crippen molar-refractivity contribution in [3.8, 4) is 0 Å². The van der Waals surface area contributed by atoms with Gasteiger partial charge in [-0.3, -0.25) is 14.5 Å². The molecule has 7 heteroatoms. The first-order chi connectivity index (χ1) is 8.63. The standard InChI is InChI=1S/C11H11N3O3S/c15-10-9-7(1-2-18-9)12-8(13-10)5-14-3-6(4-14)11(16)17/h1-2,6H,3-5H2,(H,16,17)(H,12,13,15). The lowest BCUT2D eigenvalue weighted by Gasteiger charge is -2.35. The Labute approximate surface area is 106 Å². The van der Waals surface area contributed by atoms with Crippen LogP contribution in [-0.2, 0) is 11.3 Å². The highest BCUT2D eigenvalue weighted by Crippen LogP contribution is 2.18. The fourth-order valence-corrected chi connectivity index (χ4v) is 2.79. The highest BCUT2D eigenvalue weighted by molar-refractivity contribution is 7.17. The number of carboxylic acid groups (broad SMARTS) is 1. The Bertz CT molecular complexity index is 657. The lowest BCUT2D eigenvalue weighted by molar-refractivity contribution is -0.147. The smallest absolute Gasteiger partial charge is 0.309 e. The van der Waals surface area contributed by atoms with E-state index in [2.05, 4.69) is 9.97 Å². The summed E-state index contributed by atoms with van der Waals surface area (Å²) in [6.45, 7) is 1.52. The Morgan fingerprint density at radius 2 is 2.39 bits per heavy atom. The van der Waals surface area contributed by atoms with Gasteiger partial charge in [-0.25, -0.2) is 4.98 Å². The number of nitrogens with zero attached hydrogens (tertiary/aromatic N) is 2. The summed E-state index contributed by atoms with van der Waals surface area (Å²) in [7, 11) is 0. The number of hydrogen-bond donors (Lipinski definition) is 2. The number of hydrogen-bond acceptors (Lipinski definition) is 5. The van der Waals surface area contributed by atoms with E-state index in [9.17, 15) is 9.59 Å². The van der Waals surface area contributed by atoms with Crippen molar-refractivity contribution in [1.29, 1.82) is 0 Å². The summed E-state index contributed by atoms with van der Waals surface area (Å²) in [6.07, 6.45) is 0. The van der Waals surface area contributed by atoms with Gasteiger partial charge < -0.3 is 10.1 Å². The second kappa shape index (κ2) is 4.18. The lowest BCUT2D eigenvalue weighted by atomic mass is 10.0. The number of rotatable bonds is 3. The molecule has 0 aromatic carbocycles. The monoisotopic (exact) mass is 265 g/mol. The summed E-state index contributed by atoms with van der Waals surface area (Å²) in [5, 5.41) is 10.6. The highest BCUT2D eigenvalue weighted by Gasteiger charge is 2.32. The molecular formula is C11H11N3O3S. The number of fused-ring (bicyclic) bond motifs is 1. The molecule has 18 heavy (non-hydrogen) atoms. The van der Waals surface area contributed by atoms with Gasteiger partial charge in [0, 0.05) is 13.1 Å². The van der Waals surface area contributed by atoms with Crippen LogP contribution in [0.2, 0.25) is 0 Å². The van der Waals surface area contributed by atoms with Gasteiger partial charge in [-0.2, -0.15) is 0 Å². The maximum absolute atomic E-state index is 11.7. The molecule has 1 fully saturated rings. The maximum Gasteiger partial charge on any atom is 0.309 e. The number of aromatic nitrogens is 2. The number of aliphatic carboxylic acids is 1. The molecule has 0 amide bonds. The molecule has 3 heterocycles. The molecular weight excluding hydrogens is 254 g/mol. The van der Waals surface area contributed by atoms with Crippen LogP contribution in [0.5, 0.6) is 0 Å². The van der Waals surface area contributed by atoms with Crippen LogP contribution in [0.25, 0.3) is 10.2 Å². The number of nitrogens with one attached hydrogen (secondary N) is 1. The van der Waals surface area contributed by atoms with Crippen LogP contribution in [0.15, 0.2) is 16.2 Å². The van der Waals surface area contributed by atoms with Crippen molar-refractivity contribution in [2.45, 2.75) is 6.54 Å². The number of thiophene rings is 1. The van der Waals surface area contributed by atoms with Crippen molar-refractivity contribution in [3.63, 3.8) is 0 Å². The van der Waals surface area contributed by atoms with Crippen LogP contribution in [0.3, 0.4) is 0 Å². The third kappa shape index (κ3) is 1.91. The molecule has 0 radical (unpaired) electrons. The number of likely N-dealkylation sites (tertiary alicyclic amines) is 1. The molecule has 0 unspecified atom stereocenters. The summed E-state index contributed by atoms with van der Waals surface area (Å²) in [5.41, 5.74) is 0.578. The molecule has 6 nitrogen and oxygen atoms in total. The molecule has 94 valence electrons. The van der Waals surface area contributed by atoms with E-state index >= 15 is 0 Å². The quantitative estimate of drug-likeness (QED) is 0.844. The molecule has 2 aromatic rings. The zero-order valence-corrected chi connectivity index (χ0v) is 10.2. The molecule has 2 N–H and O–H groups in total. The summed E-state index contributed by atoms with van der Waals surface area (Å²) >= 11 is 1.37. The average molecular weight is 265 g/mol. The molecule has 0 aliphatic carbocycles. The van der Waals surface area contributed by atoms with Gasteiger partial charge in [0.1, 0.15) is 10.5 Å². The van der Waals surface area contributed by atoms with Gasteiger partial charge in [0.05, 0.1) is 18.0 Å². The van der Waals surface area contributed by atoms with E-state index in [1.54, 1.807) is 0 Å². The van der Waals surface area contributed by atoms with Crippen molar-refractivity contribution >= 4 is 27.5 Å². The van der Waals surface area contributed by atoms with Gasteiger partial charge >= 0.3 is 5.97 Å². The largest absolute Gasteiger partial charge is 0.481 e. The van der Waals surface area contributed by atoms with Crippen LogP contribution < -0.4 is 5.56 Å². The molecule has 3 rings (SSSR count). The van der Waals surface area contributed by atoms with Gasteiger partial charge in [-0.05, 0) is 11.4 Å². The van der Waals surface area contributed by atoms with Crippen LogP contribution in [0, 0.1) is 5.92 Å². The van der Waals surface area contributed by atoms with E-state index in [0.29, 0.717) is 35.7 Å². The van der Waals surface area contributed by atoms with E-state index < -0.39 is 5.97 Å². The maximum atomic E-state index is 11.7. The van der Waals surface area contributed by atoms with Gasteiger partial charge in [0.2, 0.25) is 0 Å². The van der Waals surface area contributed by atoms with Crippen LogP contribution in [0.4, 0.5) is 0 Å². The van der Waals surface area contributed by atoms with Crippen LogP contribution >= 0.6 is 11.3 Å². The fraction of sp³-hybridized carbons (Fsp3) is 0.364. The molecule has 1 aliphatic rings. The summed E-state index contributed by atoms with van der Waals surface area (Å²) in [6, 6.07) is 1.81. The molecule has 1 aliphatic heterocycles. The van der Waals surface area contributed by atoms with E-state index in [-0.39, 0.29) is 11.5 Å². The zero-order valence-electron chi connectivity index (χ0n) is 9.42. The average Bonchev–Trinajstić information content (AvgIpc) is 2.70. The summed E-state index contributed by atoms with van der Waals surface area (Å²) in [4.78, 5) is 31.4. The first kappa shape index (κ1) is 11.4. The Morgan fingerprint density at radius 1 is 1.61 bits per heavy atom. The van der Waals surface area contributed by atoms with E-state index in [1.165, 1.54) is 11.3 Å². The zero-order chi connectivity index (χ0) is 12.7. The number of H-pyrrole nitrogens is 1. The molecule has 2 aromatic heterocycles. The van der Waals surface area contributed by atoms with Crippen molar-refractivity contribution in [3.05, 3.63) is 27.6 Å². The minimum Gasteiger partial charge on any atom is -0.481 e. The fourth-order valence-electron chi connectivity index (χ4n) is 2.06. The highest BCUT2D eigenvalue weighted by atomic mass is 32.1. The first-order valence-electron chi connectivity index (χ1n) is 5.55. The Balaban J connectivity index is 1.76. The van der Waals surface area contributed by atoms with Crippen molar-refractivity contribution in [2.24, 2.45) is 5.92 Å². The number of carboxylic acids is 1. The predicted octanol–water partition coefficient (Wildman–Crippen LogP) is 0.501. The second-order valence-corrected chi connectivity index (χ2v) is 5.29. The minimum atomic E-state index is -0.763. The first-order valence-corrected chi connectivity index (χ1v) is 6.43. The molecule has 0 atom stereocenters. The number of carbonyl (C=O) groups is 1. The van der Waals surface area contributed by atoms with Gasteiger partial charge in [0.25, 0.3) is 5.56 Å². The minimum absolute atomic E-state index is 0.125. The van der Waals surface area contributed by atoms with E-state index in [0.717, 1.165) is 0 Å². The Morgan fingerprint density at radius 3 is 3.11 bits per heavy atom. The molecule has 0 spiro atoms. The van der Waals surface area contributed by atoms with Crippen molar-refractivity contribution in [2.75, 3.05) is 13.1 Å². The second-order valence-electron chi connectivity index (χ2n) is 4.38. The summed E-state index contributed by atoms with van der Waals surface area (Å²) in [5.74, 6) is -0.461. The normalized spacial score (nSPS) is 16.9. The topological polar surface area (TPSA) is 86.3 Å². The third-order valence-electron chi connectivity index (χ3n) is 3.04. The lowest BCUT2D eigenvalue weighted by Crippen LogP contribution is -2.49. The Hall–Kier alpha value is -1.73. The predicted molar refractivity (Wildman–Crippen MR) is 66.6 cm³/mol. The Kier molecular flexibility index (Phi) is 2.64. The van der Waals surface area contributed by atoms with Crippen molar-refractivity contribution in [1.82, 2.24) is 14.9 Å². The van der Waals surface area contributed by atoms with E-state index in [1.807, 2.05) is 16.3 Å². The van der Waals surface area contributed by atoms with E-state index in [4.69, 9.17) is 5.11 Å². The van der Waals surface area contributed by atoms with Gasteiger partial charge in [-0.1, -0.05) is 0 Å². The molecule has 0 bridgehead atoms.